The van der Waals surface area contributed by atoms with Gasteiger partial charge in [0.25, 0.3) is 0 Å². The van der Waals surface area contributed by atoms with Crippen LogP contribution in [0.5, 0.6) is 0 Å². The summed E-state index contributed by atoms with van der Waals surface area (Å²) in [5.74, 6) is 1.01. The Balaban J connectivity index is 2.09. The number of carbonyl (C=O) groups is 1. The van der Waals surface area contributed by atoms with Crippen molar-refractivity contribution in [1.82, 2.24) is 0 Å². The van der Waals surface area contributed by atoms with Crippen LogP contribution in [-0.2, 0) is 4.79 Å². The second kappa shape index (κ2) is 2.32. The molecular formula is C11H16O2Si. The second-order valence-corrected chi connectivity index (χ2v) is 10.8. The minimum atomic E-state index is -1.24. The van der Waals surface area contributed by atoms with Crippen molar-refractivity contribution in [2.45, 2.75) is 37.0 Å². The van der Waals surface area contributed by atoms with Gasteiger partial charge in [-0.25, -0.2) is 0 Å². The van der Waals surface area contributed by atoms with E-state index in [-0.39, 0.29) is 17.6 Å². The Morgan fingerprint density at radius 3 is 2.43 bits per heavy atom. The first kappa shape index (κ1) is 8.71. The van der Waals surface area contributed by atoms with Crippen molar-refractivity contribution in [2.75, 3.05) is 0 Å². The van der Waals surface area contributed by atoms with E-state index >= 15 is 0 Å². The number of hydrogen-bond donors (Lipinski definition) is 1. The Hall–Kier alpha value is -0.573. The third-order valence-electron chi connectivity index (χ3n) is 4.91. The van der Waals surface area contributed by atoms with Gasteiger partial charge in [0.05, 0.1) is 13.8 Å². The summed E-state index contributed by atoms with van der Waals surface area (Å²) < 4.78 is 0. The third kappa shape index (κ3) is 0.760. The number of fused-ring (bicyclic) bond motifs is 5. The molecule has 2 nitrogen and oxygen atoms in total. The zero-order valence-electron chi connectivity index (χ0n) is 8.66. The lowest BCUT2D eigenvalue weighted by Crippen LogP contribution is -2.29. The molecule has 76 valence electrons. The smallest absolute Gasteiger partial charge is 0.162 e. The van der Waals surface area contributed by atoms with Crippen molar-refractivity contribution in [3.8, 4) is 0 Å². The van der Waals surface area contributed by atoms with Gasteiger partial charge in [0.1, 0.15) is 0 Å². The van der Waals surface area contributed by atoms with Crippen molar-refractivity contribution >= 4 is 13.9 Å². The standard InChI is InChI=1S/C11H16O2Si/c1-14(2)8-3-4-9(14)11-7(13)5-6(12)10(8)11/h5,8-12H,3-4H2,1-2H3/t8-,9-,10+,11+/m0/s1. The number of aliphatic hydroxyl groups excluding tert-OH is 1. The number of carbonyl (C=O) groups excluding carboxylic acids is 1. The molecule has 3 aliphatic rings. The topological polar surface area (TPSA) is 37.3 Å². The molecule has 0 aromatic carbocycles. The van der Waals surface area contributed by atoms with E-state index in [4.69, 9.17) is 0 Å². The summed E-state index contributed by atoms with van der Waals surface area (Å²) in [6.07, 6.45) is 3.97. The van der Waals surface area contributed by atoms with Gasteiger partial charge in [0.2, 0.25) is 0 Å². The monoisotopic (exact) mass is 208 g/mol. The number of hydrogen-bond acceptors (Lipinski definition) is 2. The minimum Gasteiger partial charge on any atom is -0.512 e. The fourth-order valence-electron chi connectivity index (χ4n) is 4.27. The van der Waals surface area contributed by atoms with Crippen LogP contribution in [0.1, 0.15) is 12.8 Å². The van der Waals surface area contributed by atoms with Crippen LogP contribution in [0.15, 0.2) is 11.8 Å². The molecular weight excluding hydrogens is 192 g/mol. The van der Waals surface area contributed by atoms with Crippen LogP contribution < -0.4 is 0 Å². The van der Waals surface area contributed by atoms with Crippen molar-refractivity contribution in [1.29, 1.82) is 0 Å². The van der Waals surface area contributed by atoms with Crippen LogP contribution in [-0.4, -0.2) is 19.0 Å². The lowest BCUT2D eigenvalue weighted by molar-refractivity contribution is -0.118. The van der Waals surface area contributed by atoms with E-state index in [1.165, 1.54) is 18.9 Å². The quantitative estimate of drug-likeness (QED) is 0.621. The van der Waals surface area contributed by atoms with Gasteiger partial charge in [0, 0.05) is 17.9 Å². The van der Waals surface area contributed by atoms with E-state index in [9.17, 15) is 9.90 Å². The Morgan fingerprint density at radius 2 is 1.86 bits per heavy atom. The average molecular weight is 208 g/mol. The summed E-state index contributed by atoms with van der Waals surface area (Å²) in [5.41, 5.74) is 1.31. The van der Waals surface area contributed by atoms with Gasteiger partial charge < -0.3 is 5.11 Å². The highest BCUT2D eigenvalue weighted by Gasteiger charge is 2.64. The number of ketones is 1. The van der Waals surface area contributed by atoms with Crippen LogP contribution in [0.25, 0.3) is 0 Å². The van der Waals surface area contributed by atoms with Crippen LogP contribution >= 0.6 is 0 Å². The van der Waals surface area contributed by atoms with Gasteiger partial charge in [-0.2, -0.15) is 0 Å². The molecule has 14 heavy (non-hydrogen) atoms. The molecule has 0 amide bonds. The van der Waals surface area contributed by atoms with Gasteiger partial charge in [-0.3, -0.25) is 4.79 Å². The molecule has 3 rings (SSSR count). The van der Waals surface area contributed by atoms with Crippen LogP contribution in [0.2, 0.25) is 24.2 Å². The third-order valence-corrected chi connectivity index (χ3v) is 10.0. The van der Waals surface area contributed by atoms with Gasteiger partial charge in [-0.1, -0.05) is 25.9 Å². The van der Waals surface area contributed by atoms with E-state index < -0.39 is 8.07 Å². The van der Waals surface area contributed by atoms with Gasteiger partial charge in [0.15, 0.2) is 5.78 Å². The molecule has 1 N–H and O–H groups in total. The minimum absolute atomic E-state index is 0.176. The zero-order chi connectivity index (χ0) is 10.1. The summed E-state index contributed by atoms with van der Waals surface area (Å²) in [7, 11) is -1.24. The summed E-state index contributed by atoms with van der Waals surface area (Å²) in [6, 6.07) is 0. The molecule has 0 radical (unpaired) electrons. The summed E-state index contributed by atoms with van der Waals surface area (Å²) in [6.45, 7) is 4.79. The van der Waals surface area contributed by atoms with Crippen molar-refractivity contribution in [3.05, 3.63) is 11.8 Å². The SMILES string of the molecule is C[Si]1(C)[C@H]2CC[C@H]1[C@H]1C(O)=CC(=O)[C@@H]12. The van der Waals surface area contributed by atoms with E-state index in [1.54, 1.807) is 0 Å². The molecule has 0 aromatic rings. The predicted molar refractivity (Wildman–Crippen MR) is 56.9 cm³/mol. The van der Waals surface area contributed by atoms with Crippen molar-refractivity contribution in [2.24, 2.45) is 11.8 Å². The highest BCUT2D eigenvalue weighted by Crippen LogP contribution is 2.67. The molecule has 2 heterocycles. The molecule has 2 aliphatic heterocycles. The number of rotatable bonds is 0. The second-order valence-electron chi connectivity index (χ2n) is 5.63. The van der Waals surface area contributed by atoms with Crippen LogP contribution in [0.3, 0.4) is 0 Å². The molecule has 0 aromatic heterocycles. The number of aliphatic hydroxyl groups is 1. The molecule has 0 unspecified atom stereocenters. The van der Waals surface area contributed by atoms with Gasteiger partial charge >= 0.3 is 0 Å². The van der Waals surface area contributed by atoms with E-state index in [0.717, 1.165) is 0 Å². The molecule has 2 saturated heterocycles. The van der Waals surface area contributed by atoms with E-state index in [0.29, 0.717) is 16.8 Å². The summed E-state index contributed by atoms with van der Waals surface area (Å²) in [4.78, 5) is 11.7. The van der Waals surface area contributed by atoms with Crippen LogP contribution in [0.4, 0.5) is 0 Å². The molecule has 2 bridgehead atoms. The Bertz CT molecular complexity index is 345. The molecule has 0 saturated carbocycles. The predicted octanol–water partition coefficient (Wildman–Crippen LogP) is 2.50. The first-order valence-electron chi connectivity index (χ1n) is 5.48. The lowest BCUT2D eigenvalue weighted by atomic mass is 9.80. The van der Waals surface area contributed by atoms with E-state index in [1.807, 2.05) is 0 Å². The summed E-state index contributed by atoms with van der Waals surface area (Å²) >= 11 is 0. The summed E-state index contributed by atoms with van der Waals surface area (Å²) in [5, 5.41) is 9.79. The maximum absolute atomic E-state index is 11.7. The molecule has 0 spiro atoms. The van der Waals surface area contributed by atoms with Crippen molar-refractivity contribution in [3.63, 3.8) is 0 Å². The molecule has 1 aliphatic carbocycles. The fraction of sp³-hybridized carbons (Fsp3) is 0.727. The fourth-order valence-corrected chi connectivity index (χ4v) is 9.24. The van der Waals surface area contributed by atoms with E-state index in [2.05, 4.69) is 13.1 Å². The zero-order valence-corrected chi connectivity index (χ0v) is 9.66. The Labute approximate surface area is 85.0 Å². The lowest BCUT2D eigenvalue weighted by Gasteiger charge is -2.23. The molecule has 2 fully saturated rings. The first-order chi connectivity index (χ1) is 6.53. The van der Waals surface area contributed by atoms with Gasteiger partial charge in [-0.05, 0) is 11.1 Å². The Kier molecular flexibility index (Phi) is 1.45. The molecule has 4 atom stereocenters. The maximum atomic E-state index is 11.7. The van der Waals surface area contributed by atoms with Crippen LogP contribution in [0, 0.1) is 11.8 Å². The number of allylic oxidation sites excluding steroid dienone is 2. The first-order valence-corrected chi connectivity index (χ1v) is 8.63. The maximum Gasteiger partial charge on any atom is 0.162 e. The molecule has 3 heteroatoms. The van der Waals surface area contributed by atoms with Gasteiger partial charge in [-0.15, -0.1) is 0 Å². The Morgan fingerprint density at radius 1 is 1.29 bits per heavy atom. The highest BCUT2D eigenvalue weighted by molar-refractivity contribution is 6.82. The normalized spacial score (nSPS) is 48.1. The van der Waals surface area contributed by atoms with Crippen molar-refractivity contribution < 1.29 is 9.90 Å². The highest BCUT2D eigenvalue weighted by atomic mass is 28.3. The largest absolute Gasteiger partial charge is 0.512 e. The average Bonchev–Trinajstić information content (AvgIpc) is 2.63.